The fourth-order valence-corrected chi connectivity index (χ4v) is 4.41. The SMILES string of the molecule is CC1(C)CC(Nc2ncc(-c3ccc(-c4ncccn4)cc3O)nn2)CC(C)(C)N1. The molecule has 1 aliphatic heterocycles. The van der Waals surface area contributed by atoms with Crippen molar-refractivity contribution in [2.45, 2.75) is 57.7 Å². The molecule has 8 heteroatoms. The van der Waals surface area contributed by atoms with Gasteiger partial charge in [-0.05, 0) is 58.7 Å². The number of nitrogens with zero attached hydrogens (tertiary/aromatic N) is 5. The minimum atomic E-state index is 0.0305. The molecule has 1 fully saturated rings. The van der Waals surface area contributed by atoms with Crippen LogP contribution in [0.5, 0.6) is 5.75 Å². The van der Waals surface area contributed by atoms with E-state index in [1.165, 1.54) is 0 Å². The third-order valence-electron chi connectivity index (χ3n) is 5.18. The van der Waals surface area contributed by atoms with Crippen molar-refractivity contribution >= 4 is 5.95 Å². The number of nitrogens with one attached hydrogen (secondary N) is 2. The molecule has 0 amide bonds. The van der Waals surface area contributed by atoms with Gasteiger partial charge >= 0.3 is 0 Å². The van der Waals surface area contributed by atoms with Gasteiger partial charge in [0, 0.05) is 40.6 Å². The second-order valence-electron chi connectivity index (χ2n) is 9.11. The van der Waals surface area contributed by atoms with E-state index >= 15 is 0 Å². The number of piperidine rings is 1. The van der Waals surface area contributed by atoms with Crippen LogP contribution in [0.3, 0.4) is 0 Å². The topological polar surface area (TPSA) is 109 Å². The van der Waals surface area contributed by atoms with Gasteiger partial charge in [-0.1, -0.05) is 6.07 Å². The summed E-state index contributed by atoms with van der Waals surface area (Å²) in [7, 11) is 0. The molecular formula is C22H27N7O. The number of rotatable bonds is 4. The van der Waals surface area contributed by atoms with E-state index < -0.39 is 0 Å². The lowest BCUT2D eigenvalue weighted by Crippen LogP contribution is -2.60. The maximum Gasteiger partial charge on any atom is 0.242 e. The summed E-state index contributed by atoms with van der Waals surface area (Å²) in [6.45, 7) is 8.82. The van der Waals surface area contributed by atoms with E-state index in [9.17, 15) is 5.11 Å². The van der Waals surface area contributed by atoms with Crippen molar-refractivity contribution in [2.75, 3.05) is 5.32 Å². The molecule has 30 heavy (non-hydrogen) atoms. The molecule has 1 aliphatic rings. The Morgan fingerprint density at radius 1 is 1.00 bits per heavy atom. The van der Waals surface area contributed by atoms with Gasteiger partial charge in [0.25, 0.3) is 0 Å². The van der Waals surface area contributed by atoms with Gasteiger partial charge in [0.2, 0.25) is 5.95 Å². The van der Waals surface area contributed by atoms with Gasteiger partial charge in [-0.15, -0.1) is 10.2 Å². The summed E-state index contributed by atoms with van der Waals surface area (Å²) in [5.74, 6) is 1.13. The van der Waals surface area contributed by atoms with Crippen molar-refractivity contribution in [1.82, 2.24) is 30.5 Å². The molecule has 4 rings (SSSR count). The van der Waals surface area contributed by atoms with E-state index in [4.69, 9.17) is 0 Å². The zero-order valence-electron chi connectivity index (χ0n) is 17.7. The number of hydrogen-bond donors (Lipinski definition) is 3. The van der Waals surface area contributed by atoms with E-state index in [1.54, 1.807) is 36.8 Å². The average molecular weight is 406 g/mol. The first-order valence-corrected chi connectivity index (χ1v) is 10.1. The Balaban J connectivity index is 1.50. The second-order valence-corrected chi connectivity index (χ2v) is 9.11. The van der Waals surface area contributed by atoms with Crippen LogP contribution in [0.15, 0.2) is 42.9 Å². The molecule has 8 nitrogen and oxygen atoms in total. The second kappa shape index (κ2) is 7.60. The van der Waals surface area contributed by atoms with Crippen LogP contribution in [0.25, 0.3) is 22.6 Å². The summed E-state index contributed by atoms with van der Waals surface area (Å²) in [5, 5.41) is 26.1. The van der Waals surface area contributed by atoms with Crippen molar-refractivity contribution in [3.63, 3.8) is 0 Å². The van der Waals surface area contributed by atoms with Gasteiger partial charge in [0.1, 0.15) is 11.4 Å². The molecule has 0 bridgehead atoms. The number of phenols is 1. The van der Waals surface area contributed by atoms with E-state index in [1.807, 2.05) is 6.07 Å². The average Bonchev–Trinajstić information content (AvgIpc) is 2.67. The summed E-state index contributed by atoms with van der Waals surface area (Å²) in [4.78, 5) is 12.8. The van der Waals surface area contributed by atoms with Crippen LogP contribution < -0.4 is 10.6 Å². The Bertz CT molecular complexity index is 1000. The van der Waals surface area contributed by atoms with Crippen LogP contribution in [-0.4, -0.2) is 47.4 Å². The van der Waals surface area contributed by atoms with Gasteiger partial charge in [-0.3, -0.25) is 0 Å². The largest absolute Gasteiger partial charge is 0.507 e. The predicted octanol–water partition coefficient (Wildman–Crippen LogP) is 3.42. The molecular weight excluding hydrogens is 378 g/mol. The maximum atomic E-state index is 10.5. The van der Waals surface area contributed by atoms with Crippen molar-refractivity contribution in [3.05, 3.63) is 42.9 Å². The molecule has 3 heterocycles. The van der Waals surface area contributed by atoms with Crippen LogP contribution in [0.1, 0.15) is 40.5 Å². The highest BCUT2D eigenvalue weighted by Gasteiger charge is 2.37. The van der Waals surface area contributed by atoms with E-state index in [0.29, 0.717) is 23.0 Å². The molecule has 1 aromatic carbocycles. The summed E-state index contributed by atoms with van der Waals surface area (Å²) in [5.41, 5.74) is 1.85. The highest BCUT2D eigenvalue weighted by Crippen LogP contribution is 2.32. The molecule has 0 spiro atoms. The first-order chi connectivity index (χ1) is 14.2. The summed E-state index contributed by atoms with van der Waals surface area (Å²) in [6, 6.07) is 7.25. The van der Waals surface area contributed by atoms with Crippen LogP contribution >= 0.6 is 0 Å². The first kappa shape index (κ1) is 20.2. The minimum Gasteiger partial charge on any atom is -0.507 e. The highest BCUT2D eigenvalue weighted by molar-refractivity contribution is 5.71. The fraction of sp³-hybridized carbons (Fsp3) is 0.409. The van der Waals surface area contributed by atoms with Crippen molar-refractivity contribution in [2.24, 2.45) is 0 Å². The third-order valence-corrected chi connectivity index (χ3v) is 5.18. The van der Waals surface area contributed by atoms with Gasteiger partial charge in [0.15, 0.2) is 5.82 Å². The number of phenolic OH excluding ortho intramolecular Hbond substituents is 1. The van der Waals surface area contributed by atoms with E-state index in [0.717, 1.165) is 18.4 Å². The highest BCUT2D eigenvalue weighted by atomic mass is 16.3. The Morgan fingerprint density at radius 3 is 2.30 bits per heavy atom. The number of aromatic nitrogens is 5. The summed E-state index contributed by atoms with van der Waals surface area (Å²) < 4.78 is 0. The summed E-state index contributed by atoms with van der Waals surface area (Å²) >= 11 is 0. The van der Waals surface area contributed by atoms with Crippen molar-refractivity contribution < 1.29 is 5.11 Å². The van der Waals surface area contributed by atoms with Gasteiger partial charge in [-0.2, -0.15) is 0 Å². The van der Waals surface area contributed by atoms with Crippen LogP contribution in [0.2, 0.25) is 0 Å². The Kier molecular flexibility index (Phi) is 5.11. The van der Waals surface area contributed by atoms with Crippen LogP contribution in [-0.2, 0) is 0 Å². The normalized spacial score (nSPS) is 18.1. The monoisotopic (exact) mass is 405 g/mol. The predicted molar refractivity (Wildman–Crippen MR) is 116 cm³/mol. The molecule has 3 aromatic rings. The molecule has 0 atom stereocenters. The molecule has 3 N–H and O–H groups in total. The molecule has 0 radical (unpaired) electrons. The van der Waals surface area contributed by atoms with E-state index in [2.05, 4.69) is 63.5 Å². The Morgan fingerprint density at radius 2 is 1.70 bits per heavy atom. The number of anilines is 1. The smallest absolute Gasteiger partial charge is 0.242 e. The molecule has 156 valence electrons. The van der Waals surface area contributed by atoms with Gasteiger partial charge < -0.3 is 15.7 Å². The number of aromatic hydroxyl groups is 1. The lowest BCUT2D eigenvalue weighted by Gasteiger charge is -2.46. The molecule has 0 unspecified atom stereocenters. The van der Waals surface area contributed by atoms with Gasteiger partial charge in [0.05, 0.1) is 6.20 Å². The quantitative estimate of drug-likeness (QED) is 0.606. The third kappa shape index (κ3) is 4.54. The Labute approximate surface area is 176 Å². The standard InChI is InChI=1S/C22H27N7O/c1-21(2)11-15(12-22(3,4)29-21)26-20-25-13-17(27-28-20)16-7-6-14(10-18(16)30)19-23-8-5-9-24-19/h5-10,13,15,29-30H,11-12H2,1-4H3,(H,25,26,28). The van der Waals surface area contributed by atoms with Crippen molar-refractivity contribution in [1.29, 1.82) is 0 Å². The first-order valence-electron chi connectivity index (χ1n) is 10.1. The molecule has 0 saturated carbocycles. The Hall–Kier alpha value is -3.13. The molecule has 1 saturated heterocycles. The zero-order valence-corrected chi connectivity index (χ0v) is 17.7. The zero-order chi connectivity index (χ0) is 21.4. The van der Waals surface area contributed by atoms with Gasteiger partial charge in [-0.25, -0.2) is 15.0 Å². The van der Waals surface area contributed by atoms with E-state index in [-0.39, 0.29) is 22.9 Å². The lowest BCUT2D eigenvalue weighted by atomic mass is 9.80. The number of benzene rings is 1. The molecule has 0 aliphatic carbocycles. The maximum absolute atomic E-state index is 10.5. The van der Waals surface area contributed by atoms with Crippen LogP contribution in [0, 0.1) is 0 Å². The molecule has 2 aromatic heterocycles. The fourth-order valence-electron chi connectivity index (χ4n) is 4.41. The number of hydrogen-bond acceptors (Lipinski definition) is 8. The lowest BCUT2D eigenvalue weighted by molar-refractivity contribution is 0.170. The van der Waals surface area contributed by atoms with Crippen molar-refractivity contribution in [3.8, 4) is 28.4 Å². The summed E-state index contributed by atoms with van der Waals surface area (Å²) in [6.07, 6.45) is 6.88. The minimum absolute atomic E-state index is 0.0305. The van der Waals surface area contributed by atoms with Crippen LogP contribution in [0.4, 0.5) is 5.95 Å².